The van der Waals surface area contributed by atoms with E-state index in [9.17, 15) is 15.0 Å². The number of rotatable bonds is 5. The van der Waals surface area contributed by atoms with Crippen molar-refractivity contribution in [3.8, 4) is 34.1 Å². The lowest BCUT2D eigenvalue weighted by atomic mass is 9.97. The highest BCUT2D eigenvalue weighted by Crippen LogP contribution is 2.33. The number of benzene rings is 3. The van der Waals surface area contributed by atoms with E-state index < -0.39 is 5.91 Å². The van der Waals surface area contributed by atoms with Crippen LogP contribution in [0.1, 0.15) is 12.5 Å². The van der Waals surface area contributed by atoms with E-state index in [2.05, 4.69) is 4.99 Å². The molecule has 152 valence electrons. The molecule has 1 amide bonds. The summed E-state index contributed by atoms with van der Waals surface area (Å²) in [5.74, 6) is 0.584. The Morgan fingerprint density at radius 3 is 2.07 bits per heavy atom. The Balaban J connectivity index is 2.03. The normalized spacial score (nSPS) is 11.0. The van der Waals surface area contributed by atoms with E-state index >= 15 is 0 Å². The molecule has 7 nitrogen and oxygen atoms in total. The average Bonchev–Trinajstić information content (AvgIpc) is 2.71. The molecule has 0 aromatic heterocycles. The SMILES string of the molecule is CC(=Cc1ccc(Oc2ccc(O)cc2)cc1-c1ccc(O)cc1)C(=O)N=C(N)N. The summed E-state index contributed by atoms with van der Waals surface area (Å²) in [6.07, 6.45) is 1.68. The van der Waals surface area contributed by atoms with Gasteiger partial charge in [-0.1, -0.05) is 18.2 Å². The number of carbonyl (C=O) groups excluding carboxylic acids is 1. The first kappa shape index (κ1) is 20.5. The molecule has 3 rings (SSSR count). The molecule has 7 heteroatoms. The van der Waals surface area contributed by atoms with E-state index in [4.69, 9.17) is 16.2 Å². The lowest BCUT2D eigenvalue weighted by molar-refractivity contribution is -0.114. The van der Waals surface area contributed by atoms with Crippen LogP contribution in [0.2, 0.25) is 0 Å². The van der Waals surface area contributed by atoms with Gasteiger partial charge in [-0.05, 0) is 78.2 Å². The number of nitrogens with two attached hydrogens (primary N) is 2. The van der Waals surface area contributed by atoms with Crippen LogP contribution in [0.5, 0.6) is 23.0 Å². The molecular weight excluding hydrogens is 382 g/mol. The zero-order chi connectivity index (χ0) is 21.7. The van der Waals surface area contributed by atoms with Crippen LogP contribution in [-0.2, 0) is 4.79 Å². The number of guanidine groups is 1. The number of aromatic hydroxyl groups is 2. The van der Waals surface area contributed by atoms with Gasteiger partial charge in [0.1, 0.15) is 23.0 Å². The second-order valence-electron chi connectivity index (χ2n) is 6.56. The quantitative estimate of drug-likeness (QED) is 0.291. The minimum Gasteiger partial charge on any atom is -0.508 e. The van der Waals surface area contributed by atoms with Crippen molar-refractivity contribution >= 4 is 17.9 Å². The van der Waals surface area contributed by atoms with Gasteiger partial charge in [0, 0.05) is 5.57 Å². The summed E-state index contributed by atoms with van der Waals surface area (Å²) in [4.78, 5) is 15.6. The molecule has 0 heterocycles. The molecule has 0 radical (unpaired) electrons. The number of phenolic OH excluding ortho intramolecular Hbond substituents is 2. The van der Waals surface area contributed by atoms with Crippen molar-refractivity contribution in [2.24, 2.45) is 16.5 Å². The molecule has 0 atom stereocenters. The third kappa shape index (κ3) is 5.17. The fraction of sp³-hybridized carbons (Fsp3) is 0.0435. The van der Waals surface area contributed by atoms with Gasteiger partial charge in [-0.15, -0.1) is 0 Å². The molecule has 0 aliphatic heterocycles. The molecule has 3 aromatic rings. The van der Waals surface area contributed by atoms with Crippen LogP contribution in [-0.4, -0.2) is 22.1 Å². The smallest absolute Gasteiger partial charge is 0.275 e. The summed E-state index contributed by atoms with van der Waals surface area (Å²) >= 11 is 0. The molecule has 0 fully saturated rings. The van der Waals surface area contributed by atoms with Crippen molar-refractivity contribution in [1.29, 1.82) is 0 Å². The maximum atomic E-state index is 12.1. The number of aliphatic imine (C=N–C) groups is 1. The fourth-order valence-corrected chi connectivity index (χ4v) is 2.77. The summed E-state index contributed by atoms with van der Waals surface area (Å²) in [5, 5.41) is 19.0. The zero-order valence-electron chi connectivity index (χ0n) is 16.2. The number of ether oxygens (including phenoxy) is 1. The van der Waals surface area contributed by atoms with Crippen LogP contribution in [0.25, 0.3) is 17.2 Å². The molecule has 6 N–H and O–H groups in total. The first-order valence-corrected chi connectivity index (χ1v) is 9.04. The molecule has 0 bridgehead atoms. The Morgan fingerprint density at radius 2 is 1.47 bits per heavy atom. The Hall–Kier alpha value is -4.26. The number of hydrogen-bond donors (Lipinski definition) is 4. The largest absolute Gasteiger partial charge is 0.508 e. The van der Waals surface area contributed by atoms with Gasteiger partial charge in [0.2, 0.25) is 0 Å². The topological polar surface area (TPSA) is 131 Å². The molecule has 0 spiro atoms. The van der Waals surface area contributed by atoms with Gasteiger partial charge < -0.3 is 26.4 Å². The van der Waals surface area contributed by atoms with Crippen LogP contribution in [0.3, 0.4) is 0 Å². The summed E-state index contributed by atoms with van der Waals surface area (Å²) in [5.41, 5.74) is 13.3. The summed E-state index contributed by atoms with van der Waals surface area (Å²) in [7, 11) is 0. The van der Waals surface area contributed by atoms with E-state index in [1.54, 1.807) is 55.5 Å². The minimum atomic E-state index is -0.531. The van der Waals surface area contributed by atoms with Crippen LogP contribution in [0.4, 0.5) is 0 Å². The number of carbonyl (C=O) groups is 1. The zero-order valence-corrected chi connectivity index (χ0v) is 16.2. The second-order valence-corrected chi connectivity index (χ2v) is 6.56. The molecular formula is C23H21N3O4. The lowest BCUT2D eigenvalue weighted by Crippen LogP contribution is -2.24. The monoisotopic (exact) mass is 403 g/mol. The minimum absolute atomic E-state index is 0.145. The predicted octanol–water partition coefficient (Wildman–Crippen LogP) is 3.76. The Kier molecular flexibility index (Phi) is 6.03. The molecule has 0 aliphatic rings. The van der Waals surface area contributed by atoms with E-state index in [0.717, 1.165) is 16.7 Å². The lowest BCUT2D eigenvalue weighted by Gasteiger charge is -2.12. The van der Waals surface area contributed by atoms with Gasteiger partial charge in [-0.25, -0.2) is 0 Å². The van der Waals surface area contributed by atoms with Crippen molar-refractivity contribution in [1.82, 2.24) is 0 Å². The maximum Gasteiger partial charge on any atom is 0.275 e. The van der Waals surface area contributed by atoms with Crippen LogP contribution in [0.15, 0.2) is 77.3 Å². The van der Waals surface area contributed by atoms with Crippen molar-refractivity contribution in [2.75, 3.05) is 0 Å². The van der Waals surface area contributed by atoms with Gasteiger partial charge in [-0.3, -0.25) is 4.79 Å². The van der Waals surface area contributed by atoms with Crippen LogP contribution >= 0.6 is 0 Å². The second kappa shape index (κ2) is 8.83. The summed E-state index contributed by atoms with van der Waals surface area (Å²) < 4.78 is 5.88. The predicted molar refractivity (Wildman–Crippen MR) is 116 cm³/mol. The van der Waals surface area contributed by atoms with Crippen LogP contribution < -0.4 is 16.2 Å². The van der Waals surface area contributed by atoms with E-state index in [1.165, 1.54) is 12.1 Å². The van der Waals surface area contributed by atoms with Crippen molar-refractivity contribution in [3.63, 3.8) is 0 Å². The van der Waals surface area contributed by atoms with Crippen molar-refractivity contribution in [2.45, 2.75) is 6.92 Å². The van der Waals surface area contributed by atoms with Gasteiger partial charge in [-0.2, -0.15) is 4.99 Å². The first-order chi connectivity index (χ1) is 14.3. The van der Waals surface area contributed by atoms with Crippen LogP contribution in [0, 0.1) is 0 Å². The van der Waals surface area contributed by atoms with E-state index in [-0.39, 0.29) is 17.5 Å². The Labute approximate surface area is 173 Å². The van der Waals surface area contributed by atoms with E-state index in [0.29, 0.717) is 17.1 Å². The average molecular weight is 403 g/mol. The van der Waals surface area contributed by atoms with Crippen molar-refractivity contribution < 1.29 is 19.7 Å². The van der Waals surface area contributed by atoms with Gasteiger partial charge in [0.25, 0.3) is 5.91 Å². The molecule has 0 saturated carbocycles. The molecule has 30 heavy (non-hydrogen) atoms. The summed E-state index contributed by atoms with van der Waals surface area (Å²) in [6.45, 7) is 1.62. The molecule has 3 aromatic carbocycles. The highest BCUT2D eigenvalue weighted by atomic mass is 16.5. The third-order valence-electron chi connectivity index (χ3n) is 4.22. The standard InChI is InChI=1S/C23H21N3O4/c1-14(22(29)26-23(24)25)12-16-4-9-20(30-19-10-7-18(28)8-11-19)13-21(16)15-2-5-17(27)6-3-15/h2-13,27-28H,1H3,(H4,24,25,26,29). The highest BCUT2D eigenvalue weighted by molar-refractivity contribution is 6.04. The number of nitrogens with zero attached hydrogens (tertiary/aromatic N) is 1. The van der Waals surface area contributed by atoms with Crippen molar-refractivity contribution in [3.05, 3.63) is 77.9 Å². The number of hydrogen-bond acceptors (Lipinski definition) is 4. The summed E-state index contributed by atoms with van der Waals surface area (Å²) in [6, 6.07) is 18.5. The Bertz CT molecular complexity index is 1110. The number of phenols is 2. The first-order valence-electron chi connectivity index (χ1n) is 9.04. The number of amides is 1. The fourth-order valence-electron chi connectivity index (χ4n) is 2.77. The molecule has 0 unspecified atom stereocenters. The third-order valence-corrected chi connectivity index (χ3v) is 4.22. The Morgan fingerprint density at radius 1 is 0.900 bits per heavy atom. The van der Waals surface area contributed by atoms with Gasteiger partial charge in [0.05, 0.1) is 0 Å². The van der Waals surface area contributed by atoms with Gasteiger partial charge >= 0.3 is 0 Å². The maximum absolute atomic E-state index is 12.1. The van der Waals surface area contributed by atoms with E-state index in [1.807, 2.05) is 12.1 Å². The van der Waals surface area contributed by atoms with Gasteiger partial charge in [0.15, 0.2) is 5.96 Å². The molecule has 0 aliphatic carbocycles. The highest BCUT2D eigenvalue weighted by Gasteiger charge is 2.10. The molecule has 0 saturated heterocycles.